The lowest BCUT2D eigenvalue weighted by atomic mass is 9.62. The first-order valence-electron chi connectivity index (χ1n) is 11.3. The number of nitrogens with one attached hydrogen (secondary N) is 1. The maximum Gasteiger partial charge on any atom is 0.491 e. The summed E-state index contributed by atoms with van der Waals surface area (Å²) >= 11 is 12.2. The number of halogens is 6. The van der Waals surface area contributed by atoms with Crippen LogP contribution in [0, 0.1) is 22.6 Å². The van der Waals surface area contributed by atoms with Crippen LogP contribution in [0.1, 0.15) is 44.2 Å². The molecule has 0 saturated carbocycles. The van der Waals surface area contributed by atoms with Crippen LogP contribution >= 0.6 is 23.2 Å². The zero-order valence-electron chi connectivity index (χ0n) is 20.8. The van der Waals surface area contributed by atoms with Crippen LogP contribution in [-0.4, -0.2) is 37.3 Å². The fourth-order valence-corrected chi connectivity index (χ4v) is 5.27. The first-order chi connectivity index (χ1) is 17.5. The molecule has 0 unspecified atom stereocenters. The van der Waals surface area contributed by atoms with E-state index in [-0.39, 0.29) is 33.3 Å². The normalized spacial score (nSPS) is 23.6. The summed E-state index contributed by atoms with van der Waals surface area (Å²) in [5.41, 5.74) is -2.45. The molecule has 1 heterocycles. The molecule has 2 aromatic carbocycles. The van der Waals surface area contributed by atoms with Crippen LogP contribution in [0.5, 0.6) is 5.75 Å². The van der Waals surface area contributed by atoms with E-state index >= 15 is 4.39 Å². The van der Waals surface area contributed by atoms with Gasteiger partial charge in [-0.2, -0.15) is 18.4 Å². The topological polar surface area (TPSA) is 88.4 Å². The summed E-state index contributed by atoms with van der Waals surface area (Å²) in [6, 6.07) is 7.38. The van der Waals surface area contributed by atoms with Crippen molar-refractivity contribution in [3.63, 3.8) is 0 Å². The van der Waals surface area contributed by atoms with Gasteiger partial charge in [0.05, 0.1) is 13.2 Å². The van der Waals surface area contributed by atoms with Crippen molar-refractivity contribution in [1.82, 2.24) is 5.32 Å². The molecular formula is C26H24Cl2F4N2O4. The Balaban J connectivity index is 2.37. The molecule has 0 aromatic heterocycles. The Morgan fingerprint density at radius 3 is 2.24 bits per heavy atom. The number of alkyl halides is 3. The number of nitriles is 1. The summed E-state index contributed by atoms with van der Waals surface area (Å²) in [4.78, 5) is 24.7. The lowest BCUT2D eigenvalue weighted by Gasteiger charge is -2.37. The van der Waals surface area contributed by atoms with Crippen LogP contribution in [0.3, 0.4) is 0 Å². The number of carbonyl (C=O) groups is 2. The molecule has 1 N–H and O–H groups in total. The van der Waals surface area contributed by atoms with Crippen LogP contribution in [0.2, 0.25) is 10.0 Å². The molecule has 0 radical (unpaired) electrons. The van der Waals surface area contributed by atoms with Crippen molar-refractivity contribution in [1.29, 1.82) is 5.26 Å². The van der Waals surface area contributed by atoms with Gasteiger partial charge in [0.15, 0.2) is 0 Å². The van der Waals surface area contributed by atoms with E-state index in [4.69, 9.17) is 27.9 Å². The molecule has 0 spiro atoms. The zero-order valence-corrected chi connectivity index (χ0v) is 22.3. The predicted octanol–water partition coefficient (Wildman–Crippen LogP) is 6.09. The minimum atomic E-state index is -5.45. The van der Waals surface area contributed by atoms with Crippen LogP contribution < -0.4 is 10.1 Å². The average molecular weight is 575 g/mol. The molecule has 3 rings (SSSR count). The molecule has 2 aromatic rings. The first kappa shape index (κ1) is 29.7. The number of ether oxygens (including phenoxy) is 2. The van der Waals surface area contributed by atoms with Gasteiger partial charge in [0, 0.05) is 33.1 Å². The van der Waals surface area contributed by atoms with E-state index in [2.05, 4.69) is 16.1 Å². The summed E-state index contributed by atoms with van der Waals surface area (Å²) in [6.07, 6.45) is -5.28. The third-order valence-corrected chi connectivity index (χ3v) is 6.81. The van der Waals surface area contributed by atoms with Gasteiger partial charge < -0.3 is 9.47 Å². The minimum absolute atomic E-state index is 0.0429. The van der Waals surface area contributed by atoms with Crippen molar-refractivity contribution >= 4 is 35.1 Å². The van der Waals surface area contributed by atoms with Gasteiger partial charge in [0.1, 0.15) is 23.0 Å². The fourth-order valence-electron chi connectivity index (χ4n) is 4.93. The predicted molar refractivity (Wildman–Crippen MR) is 131 cm³/mol. The molecule has 0 amide bonds. The smallest absolute Gasteiger partial charge is 0.491 e. The molecule has 0 bridgehead atoms. The molecule has 0 aliphatic carbocycles. The van der Waals surface area contributed by atoms with Gasteiger partial charge in [-0.05, 0) is 42.2 Å². The molecule has 12 heteroatoms. The Hall–Kier alpha value is -2.87. The van der Waals surface area contributed by atoms with E-state index in [0.29, 0.717) is 0 Å². The zero-order chi connectivity index (χ0) is 28.6. The second-order valence-corrected chi connectivity index (χ2v) is 11.0. The number of hydrogen-bond donors (Lipinski definition) is 1. The van der Waals surface area contributed by atoms with Crippen molar-refractivity contribution in [2.45, 2.75) is 56.8 Å². The molecular weight excluding hydrogens is 551 g/mol. The number of esters is 2. The van der Waals surface area contributed by atoms with Gasteiger partial charge in [-0.25, -0.2) is 14.0 Å². The third-order valence-electron chi connectivity index (χ3n) is 6.34. The molecule has 38 heavy (non-hydrogen) atoms. The molecule has 6 nitrogen and oxygen atoms in total. The summed E-state index contributed by atoms with van der Waals surface area (Å²) in [6.45, 7) is 5.51. The second-order valence-electron chi connectivity index (χ2n) is 10.1. The van der Waals surface area contributed by atoms with Crippen molar-refractivity contribution < 1.29 is 36.6 Å². The minimum Gasteiger partial charge on any atom is -0.496 e. The average Bonchev–Trinajstić information content (AvgIpc) is 3.11. The Morgan fingerprint density at radius 1 is 1.11 bits per heavy atom. The summed E-state index contributed by atoms with van der Waals surface area (Å²) in [5, 5.41) is 13.8. The Morgan fingerprint density at radius 2 is 1.71 bits per heavy atom. The lowest BCUT2D eigenvalue weighted by Crippen LogP contribution is -2.44. The van der Waals surface area contributed by atoms with E-state index in [9.17, 15) is 28.0 Å². The maximum absolute atomic E-state index is 15.5. The van der Waals surface area contributed by atoms with E-state index < -0.39 is 52.8 Å². The highest BCUT2D eigenvalue weighted by molar-refractivity contribution is 6.31. The highest BCUT2D eigenvalue weighted by atomic mass is 35.5. The van der Waals surface area contributed by atoms with Gasteiger partial charge in [-0.1, -0.05) is 50.0 Å². The standard InChI is InChI=1S/C26H24Cl2F4N2O4/c1-24(2,3)11-19-25(12-33,16-7-5-14(28)10-17(16)29)20(15-9-13(27)6-8-18(15)37-4)21(34-19)22(35)38-23(36)26(30,31)32/h5-10,19-21,34H,11H2,1-4H3/t19-,20-,21+,25-/m0/s1. The van der Waals surface area contributed by atoms with Gasteiger partial charge in [-0.15, -0.1) is 0 Å². The first-order valence-corrected chi connectivity index (χ1v) is 12.1. The number of hydrogen-bond acceptors (Lipinski definition) is 6. The van der Waals surface area contributed by atoms with Crippen LogP contribution in [0.25, 0.3) is 0 Å². The maximum atomic E-state index is 15.5. The van der Waals surface area contributed by atoms with E-state index in [0.717, 1.165) is 6.07 Å². The molecule has 1 saturated heterocycles. The van der Waals surface area contributed by atoms with E-state index in [1.807, 2.05) is 20.8 Å². The van der Waals surface area contributed by atoms with Gasteiger partial charge >= 0.3 is 18.1 Å². The molecule has 1 fully saturated rings. The van der Waals surface area contributed by atoms with Gasteiger partial charge in [0.25, 0.3) is 0 Å². The SMILES string of the molecule is COc1ccc(Cl)cc1[C@H]1[C@H](C(=O)OC(=O)C(F)(F)F)N[C@@H](CC(C)(C)C)[C@]1(C#N)c1ccc(Cl)cc1F. The second kappa shape index (κ2) is 10.7. The van der Waals surface area contributed by atoms with E-state index in [1.54, 1.807) is 0 Å². The van der Waals surface area contributed by atoms with Crippen LogP contribution in [-0.2, 0) is 19.7 Å². The van der Waals surface area contributed by atoms with E-state index in [1.165, 1.54) is 37.4 Å². The van der Waals surface area contributed by atoms with Crippen molar-refractivity contribution in [3.05, 3.63) is 63.4 Å². The number of rotatable bonds is 5. The quantitative estimate of drug-likeness (QED) is 0.264. The van der Waals surface area contributed by atoms with Crippen LogP contribution in [0.4, 0.5) is 17.6 Å². The van der Waals surface area contributed by atoms with Gasteiger partial charge in [-0.3, -0.25) is 5.32 Å². The number of nitrogens with zero attached hydrogens (tertiary/aromatic N) is 1. The summed E-state index contributed by atoms with van der Waals surface area (Å²) < 4.78 is 64.1. The Labute approximate surface area is 226 Å². The number of benzene rings is 2. The molecule has 204 valence electrons. The number of carbonyl (C=O) groups excluding carboxylic acids is 2. The Kier molecular flexibility index (Phi) is 8.37. The fraction of sp³-hybridized carbons (Fsp3) is 0.423. The largest absolute Gasteiger partial charge is 0.496 e. The lowest BCUT2D eigenvalue weighted by molar-refractivity contribution is -0.202. The van der Waals surface area contributed by atoms with Gasteiger partial charge in [0.2, 0.25) is 0 Å². The summed E-state index contributed by atoms with van der Waals surface area (Å²) in [5.74, 6) is -6.46. The molecule has 1 aliphatic rings. The van der Waals surface area contributed by atoms with Crippen molar-refractivity contribution in [2.75, 3.05) is 7.11 Å². The number of methoxy groups -OCH3 is 1. The van der Waals surface area contributed by atoms with Crippen molar-refractivity contribution in [2.24, 2.45) is 5.41 Å². The Bertz CT molecular complexity index is 1290. The third kappa shape index (κ3) is 5.75. The monoisotopic (exact) mass is 574 g/mol. The highest BCUT2D eigenvalue weighted by Crippen LogP contribution is 2.54. The molecule has 4 atom stereocenters. The van der Waals surface area contributed by atoms with Crippen LogP contribution in [0.15, 0.2) is 36.4 Å². The molecule has 1 aliphatic heterocycles. The highest BCUT2D eigenvalue weighted by Gasteiger charge is 2.62. The van der Waals surface area contributed by atoms with Crippen molar-refractivity contribution in [3.8, 4) is 11.8 Å². The summed E-state index contributed by atoms with van der Waals surface area (Å²) in [7, 11) is 1.30.